The number of nitrogens with zero attached hydrogens (tertiary/aromatic N) is 2. The monoisotopic (exact) mass is 284 g/mol. The SMILES string of the molecule is C[C@H](NC(C/C(N)=N/O)c1ccccc1)c1cccnc1. The molecule has 1 heterocycles. The number of aromatic nitrogens is 1. The maximum atomic E-state index is 8.81. The molecule has 0 saturated heterocycles. The van der Waals surface area contributed by atoms with Gasteiger partial charge in [-0.1, -0.05) is 41.6 Å². The van der Waals surface area contributed by atoms with Gasteiger partial charge in [-0.15, -0.1) is 0 Å². The molecule has 0 aliphatic heterocycles. The molecule has 0 amide bonds. The molecule has 2 rings (SSSR count). The number of benzene rings is 1. The zero-order chi connectivity index (χ0) is 15.1. The Morgan fingerprint density at radius 2 is 1.95 bits per heavy atom. The van der Waals surface area contributed by atoms with Crippen LogP contribution in [0.2, 0.25) is 0 Å². The Hall–Kier alpha value is -2.40. The number of nitrogens with two attached hydrogens (primary N) is 1. The predicted molar refractivity (Wildman–Crippen MR) is 83.0 cm³/mol. The highest BCUT2D eigenvalue weighted by Gasteiger charge is 2.17. The van der Waals surface area contributed by atoms with Gasteiger partial charge in [0, 0.05) is 30.9 Å². The second-order valence-corrected chi connectivity index (χ2v) is 4.93. The van der Waals surface area contributed by atoms with E-state index in [9.17, 15) is 0 Å². The summed E-state index contributed by atoms with van der Waals surface area (Å²) in [6.07, 6.45) is 4.02. The molecule has 1 aromatic carbocycles. The summed E-state index contributed by atoms with van der Waals surface area (Å²) in [4.78, 5) is 4.13. The van der Waals surface area contributed by atoms with Gasteiger partial charge in [0.25, 0.3) is 0 Å². The first-order chi connectivity index (χ1) is 10.2. The van der Waals surface area contributed by atoms with Crippen molar-refractivity contribution in [1.82, 2.24) is 10.3 Å². The molecule has 21 heavy (non-hydrogen) atoms. The average Bonchev–Trinajstić information content (AvgIpc) is 2.55. The van der Waals surface area contributed by atoms with Gasteiger partial charge in [-0.3, -0.25) is 4.98 Å². The van der Waals surface area contributed by atoms with Crippen molar-refractivity contribution in [3.05, 3.63) is 66.0 Å². The van der Waals surface area contributed by atoms with E-state index < -0.39 is 0 Å². The highest BCUT2D eigenvalue weighted by molar-refractivity contribution is 5.80. The summed E-state index contributed by atoms with van der Waals surface area (Å²) in [5, 5.41) is 15.4. The van der Waals surface area contributed by atoms with E-state index in [0.29, 0.717) is 6.42 Å². The van der Waals surface area contributed by atoms with Crippen molar-refractivity contribution in [3.63, 3.8) is 0 Å². The molecule has 2 aromatic rings. The number of hydrogen-bond acceptors (Lipinski definition) is 4. The molecule has 0 aliphatic carbocycles. The fourth-order valence-corrected chi connectivity index (χ4v) is 2.24. The van der Waals surface area contributed by atoms with Crippen LogP contribution in [0.1, 0.15) is 36.6 Å². The Balaban J connectivity index is 2.16. The summed E-state index contributed by atoms with van der Waals surface area (Å²) < 4.78 is 0. The van der Waals surface area contributed by atoms with Crippen LogP contribution in [0.5, 0.6) is 0 Å². The molecule has 5 nitrogen and oxygen atoms in total. The van der Waals surface area contributed by atoms with Crippen LogP contribution >= 0.6 is 0 Å². The number of hydrogen-bond donors (Lipinski definition) is 3. The van der Waals surface area contributed by atoms with Crippen LogP contribution in [0.15, 0.2) is 60.0 Å². The standard InChI is InChI=1S/C16H20N4O/c1-12(14-8-5-9-18-11-14)19-15(10-16(17)20-21)13-6-3-2-4-7-13/h2-9,11-12,15,19,21H,10H2,1H3,(H2,17,20)/t12-,15?/m0/s1. The third-order valence-corrected chi connectivity index (χ3v) is 3.38. The van der Waals surface area contributed by atoms with E-state index in [1.54, 1.807) is 6.20 Å². The maximum Gasteiger partial charge on any atom is 0.141 e. The van der Waals surface area contributed by atoms with Crippen LogP contribution in [0.3, 0.4) is 0 Å². The van der Waals surface area contributed by atoms with Gasteiger partial charge in [0.15, 0.2) is 0 Å². The van der Waals surface area contributed by atoms with Crippen molar-refractivity contribution in [2.45, 2.75) is 25.4 Å². The summed E-state index contributed by atoms with van der Waals surface area (Å²) in [5.41, 5.74) is 7.87. The van der Waals surface area contributed by atoms with Gasteiger partial charge in [0.2, 0.25) is 0 Å². The zero-order valence-electron chi connectivity index (χ0n) is 12.0. The lowest BCUT2D eigenvalue weighted by Gasteiger charge is -2.23. The summed E-state index contributed by atoms with van der Waals surface area (Å²) in [7, 11) is 0. The van der Waals surface area contributed by atoms with Crippen molar-refractivity contribution in [1.29, 1.82) is 0 Å². The number of rotatable bonds is 6. The molecule has 0 spiro atoms. The van der Waals surface area contributed by atoms with E-state index in [1.165, 1.54) is 0 Å². The molecular formula is C16H20N4O. The Morgan fingerprint density at radius 3 is 2.57 bits per heavy atom. The van der Waals surface area contributed by atoms with Gasteiger partial charge in [-0.25, -0.2) is 0 Å². The number of oxime groups is 1. The lowest BCUT2D eigenvalue weighted by Crippen LogP contribution is -2.29. The van der Waals surface area contributed by atoms with Gasteiger partial charge < -0.3 is 16.3 Å². The van der Waals surface area contributed by atoms with E-state index >= 15 is 0 Å². The van der Waals surface area contributed by atoms with Gasteiger partial charge in [0.05, 0.1) is 0 Å². The third kappa shape index (κ3) is 4.29. The minimum atomic E-state index is -0.0303. The van der Waals surface area contributed by atoms with Gasteiger partial charge in [0.1, 0.15) is 5.84 Å². The fraction of sp³-hybridized carbons (Fsp3) is 0.250. The van der Waals surface area contributed by atoms with Gasteiger partial charge >= 0.3 is 0 Å². The van der Waals surface area contributed by atoms with E-state index in [4.69, 9.17) is 10.9 Å². The largest absolute Gasteiger partial charge is 0.409 e. The lowest BCUT2D eigenvalue weighted by molar-refractivity contribution is 0.315. The number of pyridine rings is 1. The van der Waals surface area contributed by atoms with E-state index in [1.807, 2.05) is 48.7 Å². The fourth-order valence-electron chi connectivity index (χ4n) is 2.24. The first-order valence-corrected chi connectivity index (χ1v) is 6.88. The Morgan fingerprint density at radius 1 is 1.24 bits per heavy atom. The summed E-state index contributed by atoms with van der Waals surface area (Å²) >= 11 is 0. The highest BCUT2D eigenvalue weighted by Crippen LogP contribution is 2.21. The number of amidine groups is 1. The van der Waals surface area contributed by atoms with E-state index in [2.05, 4.69) is 22.4 Å². The van der Waals surface area contributed by atoms with Crippen molar-refractivity contribution in [2.75, 3.05) is 0 Å². The summed E-state index contributed by atoms with van der Waals surface area (Å²) in [6.45, 7) is 2.07. The second kappa shape index (κ2) is 7.40. The molecule has 4 N–H and O–H groups in total. The Labute approximate surface area is 124 Å². The van der Waals surface area contributed by atoms with E-state index in [0.717, 1.165) is 11.1 Å². The quantitative estimate of drug-likeness (QED) is 0.329. The van der Waals surface area contributed by atoms with Crippen LogP contribution in [0.25, 0.3) is 0 Å². The normalized spacial score (nSPS) is 14.6. The van der Waals surface area contributed by atoms with Gasteiger partial charge in [-0.2, -0.15) is 0 Å². The number of nitrogens with one attached hydrogen (secondary N) is 1. The van der Waals surface area contributed by atoms with Crippen LogP contribution in [-0.2, 0) is 0 Å². The van der Waals surface area contributed by atoms with Crippen LogP contribution < -0.4 is 11.1 Å². The van der Waals surface area contributed by atoms with Crippen molar-refractivity contribution in [3.8, 4) is 0 Å². The maximum absolute atomic E-state index is 8.81. The van der Waals surface area contributed by atoms with Crippen LogP contribution in [-0.4, -0.2) is 16.0 Å². The topological polar surface area (TPSA) is 83.5 Å². The van der Waals surface area contributed by atoms with Crippen molar-refractivity contribution < 1.29 is 5.21 Å². The molecule has 2 atom stereocenters. The summed E-state index contributed by atoms with van der Waals surface area (Å²) in [6, 6.07) is 14.0. The zero-order valence-corrected chi connectivity index (χ0v) is 12.0. The smallest absolute Gasteiger partial charge is 0.141 e. The molecule has 0 bridgehead atoms. The lowest BCUT2D eigenvalue weighted by atomic mass is 10.0. The predicted octanol–water partition coefficient (Wildman–Crippen LogP) is 2.61. The summed E-state index contributed by atoms with van der Waals surface area (Å²) in [5.74, 6) is 0.203. The first-order valence-electron chi connectivity index (χ1n) is 6.88. The van der Waals surface area contributed by atoms with Crippen LogP contribution in [0.4, 0.5) is 0 Å². The molecular weight excluding hydrogens is 264 g/mol. The van der Waals surface area contributed by atoms with E-state index in [-0.39, 0.29) is 17.9 Å². The van der Waals surface area contributed by atoms with Crippen LogP contribution in [0, 0.1) is 0 Å². The average molecular weight is 284 g/mol. The molecule has 0 fully saturated rings. The third-order valence-electron chi connectivity index (χ3n) is 3.38. The molecule has 110 valence electrons. The second-order valence-electron chi connectivity index (χ2n) is 4.93. The van der Waals surface area contributed by atoms with Crippen molar-refractivity contribution >= 4 is 5.84 Å². The van der Waals surface area contributed by atoms with Crippen molar-refractivity contribution in [2.24, 2.45) is 10.9 Å². The molecule has 0 radical (unpaired) electrons. The molecule has 1 unspecified atom stereocenters. The molecule has 0 saturated carbocycles. The minimum absolute atomic E-state index is 0.0303. The Kier molecular flexibility index (Phi) is 5.29. The minimum Gasteiger partial charge on any atom is -0.409 e. The first kappa shape index (κ1) is 15.0. The highest BCUT2D eigenvalue weighted by atomic mass is 16.4. The Bertz CT molecular complexity index is 571. The molecule has 1 aromatic heterocycles. The molecule has 0 aliphatic rings. The molecule has 5 heteroatoms. The van der Waals surface area contributed by atoms with Gasteiger partial charge in [-0.05, 0) is 24.1 Å².